The molecule has 0 saturated heterocycles. The van der Waals surface area contributed by atoms with Gasteiger partial charge in [0.25, 0.3) is 0 Å². The second-order valence-electron chi connectivity index (χ2n) is 4.81. The van der Waals surface area contributed by atoms with Crippen LogP contribution in [-0.2, 0) is 4.74 Å². The molecule has 1 aliphatic rings. The van der Waals surface area contributed by atoms with E-state index in [1.807, 2.05) is 0 Å². The summed E-state index contributed by atoms with van der Waals surface area (Å²) in [6, 6.07) is 0.0329. The number of rotatable bonds is 8. The second kappa shape index (κ2) is 8.61. The third-order valence-electron chi connectivity index (χ3n) is 3.06. The van der Waals surface area contributed by atoms with Gasteiger partial charge < -0.3 is 21.1 Å². The minimum absolute atomic E-state index is 0.0329. The predicted octanol–water partition coefficient (Wildman–Crippen LogP) is 1.22. The van der Waals surface area contributed by atoms with E-state index in [2.05, 4.69) is 22.5 Å². The number of hydrogen-bond donors (Lipinski definition) is 3. The Morgan fingerprint density at radius 1 is 1.47 bits per heavy atom. The first kappa shape index (κ1) is 15.6. The van der Waals surface area contributed by atoms with Crippen LogP contribution < -0.4 is 16.4 Å². The molecule has 0 aromatic heterocycles. The van der Waals surface area contributed by atoms with Gasteiger partial charge in [-0.25, -0.2) is 4.79 Å². The maximum Gasteiger partial charge on any atom is 0.407 e. The summed E-state index contributed by atoms with van der Waals surface area (Å²) in [5.74, 6) is 0.960. The van der Waals surface area contributed by atoms with Gasteiger partial charge in [0.15, 0.2) is 5.96 Å². The van der Waals surface area contributed by atoms with E-state index < -0.39 is 0 Å². The number of guanidine groups is 1. The first-order chi connectivity index (χ1) is 9.17. The number of unbranched alkanes of at least 4 members (excludes halogenated alkanes) is 1. The fourth-order valence-corrected chi connectivity index (χ4v) is 1.78. The molecule has 0 aliphatic heterocycles. The molecule has 1 rings (SSSR count). The number of hydrogen-bond acceptors (Lipinski definition) is 3. The zero-order valence-corrected chi connectivity index (χ0v) is 11.9. The number of alkyl carbamates (subject to hydrolysis) is 1. The van der Waals surface area contributed by atoms with E-state index in [1.54, 1.807) is 6.92 Å². The number of nitrogens with zero attached hydrogens (tertiary/aromatic N) is 1. The van der Waals surface area contributed by atoms with Crippen LogP contribution in [0.15, 0.2) is 4.99 Å². The average molecular weight is 270 g/mol. The van der Waals surface area contributed by atoms with Gasteiger partial charge in [-0.05, 0) is 32.1 Å². The number of ether oxygens (including phenoxy) is 1. The van der Waals surface area contributed by atoms with Crippen LogP contribution in [-0.4, -0.2) is 37.8 Å². The molecule has 0 aromatic carbocycles. The van der Waals surface area contributed by atoms with E-state index in [-0.39, 0.29) is 12.1 Å². The standard InChI is InChI=1S/C13H26N4O2/c1-3-5-8-15-12(14)16-9-11(10-6-7-10)17-13(18)19-4-2/h10-11H,3-9H2,1-2H3,(H,17,18)(H3,14,15,16). The Morgan fingerprint density at radius 2 is 2.21 bits per heavy atom. The van der Waals surface area contributed by atoms with Crippen LogP contribution in [0.1, 0.15) is 39.5 Å². The fraction of sp³-hybridized carbons (Fsp3) is 0.846. The molecular weight excluding hydrogens is 244 g/mol. The van der Waals surface area contributed by atoms with Crippen molar-refractivity contribution in [2.24, 2.45) is 16.6 Å². The van der Waals surface area contributed by atoms with Crippen molar-refractivity contribution in [1.82, 2.24) is 10.6 Å². The highest BCUT2D eigenvalue weighted by Gasteiger charge is 2.32. The van der Waals surface area contributed by atoms with E-state index in [9.17, 15) is 4.79 Å². The molecule has 1 saturated carbocycles. The van der Waals surface area contributed by atoms with Crippen LogP contribution in [0.25, 0.3) is 0 Å². The van der Waals surface area contributed by atoms with E-state index in [0.29, 0.717) is 25.0 Å². The molecule has 110 valence electrons. The summed E-state index contributed by atoms with van der Waals surface area (Å²) in [6.45, 7) is 5.65. The first-order valence-electron chi connectivity index (χ1n) is 7.14. The third kappa shape index (κ3) is 6.88. The largest absolute Gasteiger partial charge is 0.450 e. The number of aliphatic imine (C=N–C) groups is 1. The molecule has 1 amide bonds. The van der Waals surface area contributed by atoms with Crippen molar-refractivity contribution in [2.75, 3.05) is 19.7 Å². The SMILES string of the molecule is CCCCNC(N)=NCC(NC(=O)OCC)C1CC1. The molecule has 1 aliphatic carbocycles. The fourth-order valence-electron chi connectivity index (χ4n) is 1.78. The first-order valence-corrected chi connectivity index (χ1v) is 7.14. The Morgan fingerprint density at radius 3 is 2.79 bits per heavy atom. The van der Waals surface area contributed by atoms with Crippen molar-refractivity contribution in [1.29, 1.82) is 0 Å². The number of nitrogens with one attached hydrogen (secondary N) is 2. The highest BCUT2D eigenvalue weighted by Crippen LogP contribution is 2.32. The van der Waals surface area contributed by atoms with Crippen molar-refractivity contribution in [2.45, 2.75) is 45.6 Å². The molecule has 0 radical (unpaired) electrons. The zero-order valence-electron chi connectivity index (χ0n) is 11.9. The Bertz CT molecular complexity index is 303. The number of carbonyl (C=O) groups excluding carboxylic acids is 1. The highest BCUT2D eigenvalue weighted by atomic mass is 16.5. The maximum atomic E-state index is 11.4. The van der Waals surface area contributed by atoms with Gasteiger partial charge in [0, 0.05) is 6.54 Å². The number of nitrogens with two attached hydrogens (primary N) is 1. The Kier molecular flexibility index (Phi) is 7.07. The van der Waals surface area contributed by atoms with Crippen LogP contribution in [0.3, 0.4) is 0 Å². The minimum atomic E-state index is -0.368. The maximum absolute atomic E-state index is 11.4. The average Bonchev–Trinajstić information content (AvgIpc) is 3.19. The van der Waals surface area contributed by atoms with Crippen molar-refractivity contribution >= 4 is 12.1 Å². The smallest absolute Gasteiger partial charge is 0.407 e. The predicted molar refractivity (Wildman–Crippen MR) is 76.1 cm³/mol. The van der Waals surface area contributed by atoms with Gasteiger partial charge >= 0.3 is 6.09 Å². The second-order valence-corrected chi connectivity index (χ2v) is 4.81. The van der Waals surface area contributed by atoms with E-state index in [4.69, 9.17) is 10.5 Å². The minimum Gasteiger partial charge on any atom is -0.450 e. The van der Waals surface area contributed by atoms with Crippen LogP contribution in [0, 0.1) is 5.92 Å². The molecule has 0 aromatic rings. The van der Waals surface area contributed by atoms with Crippen molar-refractivity contribution in [3.63, 3.8) is 0 Å². The Labute approximate surface area is 115 Å². The molecular formula is C13H26N4O2. The van der Waals surface area contributed by atoms with Crippen LogP contribution >= 0.6 is 0 Å². The highest BCUT2D eigenvalue weighted by molar-refractivity contribution is 5.77. The molecule has 6 heteroatoms. The van der Waals surface area contributed by atoms with E-state index in [0.717, 1.165) is 32.2 Å². The van der Waals surface area contributed by atoms with Crippen molar-refractivity contribution < 1.29 is 9.53 Å². The summed E-state index contributed by atoms with van der Waals surface area (Å²) in [7, 11) is 0. The van der Waals surface area contributed by atoms with Gasteiger partial charge in [0.2, 0.25) is 0 Å². The summed E-state index contributed by atoms with van der Waals surface area (Å²) >= 11 is 0. The Hall–Kier alpha value is -1.46. The summed E-state index contributed by atoms with van der Waals surface area (Å²) < 4.78 is 4.89. The molecule has 1 unspecified atom stereocenters. The lowest BCUT2D eigenvalue weighted by Gasteiger charge is -2.16. The molecule has 6 nitrogen and oxygen atoms in total. The van der Waals surface area contributed by atoms with E-state index >= 15 is 0 Å². The van der Waals surface area contributed by atoms with Gasteiger partial charge in [-0.1, -0.05) is 13.3 Å². The summed E-state index contributed by atoms with van der Waals surface area (Å²) in [5, 5.41) is 5.91. The van der Waals surface area contributed by atoms with Gasteiger partial charge in [0.1, 0.15) is 0 Å². The van der Waals surface area contributed by atoms with E-state index in [1.165, 1.54) is 0 Å². The molecule has 1 atom stereocenters. The van der Waals surface area contributed by atoms with Crippen molar-refractivity contribution in [3.8, 4) is 0 Å². The number of carbonyl (C=O) groups is 1. The topological polar surface area (TPSA) is 88.7 Å². The molecule has 0 bridgehead atoms. The molecule has 0 heterocycles. The van der Waals surface area contributed by atoms with Crippen molar-refractivity contribution in [3.05, 3.63) is 0 Å². The van der Waals surface area contributed by atoms with Gasteiger partial charge in [-0.2, -0.15) is 0 Å². The van der Waals surface area contributed by atoms with Crippen LogP contribution in [0.4, 0.5) is 4.79 Å². The molecule has 0 spiro atoms. The lowest BCUT2D eigenvalue weighted by atomic mass is 10.2. The van der Waals surface area contributed by atoms with Gasteiger partial charge in [0.05, 0.1) is 19.2 Å². The lowest BCUT2D eigenvalue weighted by Crippen LogP contribution is -2.40. The van der Waals surface area contributed by atoms with Crippen LogP contribution in [0.5, 0.6) is 0 Å². The Balaban J connectivity index is 2.32. The number of amides is 1. The van der Waals surface area contributed by atoms with Gasteiger partial charge in [-0.3, -0.25) is 4.99 Å². The lowest BCUT2D eigenvalue weighted by molar-refractivity contribution is 0.147. The normalized spacial score (nSPS) is 16.8. The monoisotopic (exact) mass is 270 g/mol. The summed E-state index contributed by atoms with van der Waals surface area (Å²) in [6.07, 6.45) is 4.09. The quantitative estimate of drug-likeness (QED) is 0.351. The van der Waals surface area contributed by atoms with Gasteiger partial charge in [-0.15, -0.1) is 0 Å². The van der Waals surface area contributed by atoms with Crippen LogP contribution in [0.2, 0.25) is 0 Å². The summed E-state index contributed by atoms with van der Waals surface area (Å²) in [5.41, 5.74) is 5.77. The zero-order chi connectivity index (χ0) is 14.1. The third-order valence-corrected chi connectivity index (χ3v) is 3.06. The summed E-state index contributed by atoms with van der Waals surface area (Å²) in [4.78, 5) is 15.7. The molecule has 19 heavy (non-hydrogen) atoms. The molecule has 4 N–H and O–H groups in total. The molecule has 1 fully saturated rings.